The molecule has 16 unspecified atom stereocenters. The van der Waals surface area contributed by atoms with E-state index in [0.29, 0.717) is 25.7 Å². The molecule has 0 spiro atoms. The van der Waals surface area contributed by atoms with Gasteiger partial charge < -0.3 is 45.2 Å². The van der Waals surface area contributed by atoms with Crippen LogP contribution in [-0.4, -0.2) is 96.8 Å². The topological polar surface area (TPSA) is 177 Å². The minimum absolute atomic E-state index is 0.0634. The van der Waals surface area contributed by atoms with E-state index in [1.54, 1.807) is 0 Å². The molecule has 10 heteroatoms. The second-order valence-electron chi connectivity index (χ2n) is 17.7. The Kier molecular flexibility index (Phi) is 8.27. The van der Waals surface area contributed by atoms with Gasteiger partial charge in [0.05, 0.1) is 23.2 Å². The Bertz CT molecular complexity index is 1250. The van der Waals surface area contributed by atoms with Gasteiger partial charge in [-0.3, -0.25) is 4.79 Å². The molecule has 6 rings (SSSR count). The quantitative estimate of drug-likeness (QED) is 0.177. The predicted molar refractivity (Wildman–Crippen MR) is 168 cm³/mol. The van der Waals surface area contributed by atoms with E-state index >= 15 is 0 Å². The van der Waals surface area contributed by atoms with E-state index in [1.807, 2.05) is 13.8 Å². The first-order chi connectivity index (χ1) is 21.2. The molecule has 5 fully saturated rings. The number of hydrogen-bond acceptors (Lipinski definition) is 10. The van der Waals surface area contributed by atoms with E-state index in [1.165, 1.54) is 0 Å². The van der Waals surface area contributed by atoms with Gasteiger partial charge in [-0.15, -0.1) is 0 Å². The van der Waals surface area contributed by atoms with Crippen LogP contribution in [0, 0.1) is 50.7 Å². The Hall–Kier alpha value is -1.11. The SMILES string of the molecule is CC1CCC2(C(=O)OCC3OC(O)C(O)C(O)C3O)CCC3(C)C(=CCC4C5(C)CC(O)C(O)C(C)(C)C5CCC43C)C2C1(C)O. The highest BCUT2D eigenvalue weighted by Gasteiger charge is 2.72. The molecule has 5 aliphatic carbocycles. The number of rotatable bonds is 3. The Balaban J connectivity index is 1.35. The van der Waals surface area contributed by atoms with Gasteiger partial charge in [0, 0.05) is 5.92 Å². The Morgan fingerprint density at radius 3 is 2.24 bits per heavy atom. The van der Waals surface area contributed by atoms with E-state index in [4.69, 9.17) is 9.47 Å². The zero-order chi connectivity index (χ0) is 34.0. The third-order valence-electron chi connectivity index (χ3n) is 15.5. The van der Waals surface area contributed by atoms with Crippen molar-refractivity contribution < 1.29 is 50.0 Å². The third kappa shape index (κ3) is 4.46. The average molecular weight is 651 g/mol. The highest BCUT2D eigenvalue weighted by molar-refractivity contribution is 5.79. The smallest absolute Gasteiger partial charge is 0.312 e. The molecule has 1 heterocycles. The molecule has 16 atom stereocenters. The van der Waals surface area contributed by atoms with Crippen LogP contribution in [0.3, 0.4) is 0 Å². The summed E-state index contributed by atoms with van der Waals surface area (Å²) in [5, 5.41) is 75.0. The van der Waals surface area contributed by atoms with Crippen molar-refractivity contribution in [2.45, 2.75) is 148 Å². The number of carbonyl (C=O) groups excluding carboxylic acids is 1. The van der Waals surface area contributed by atoms with Crippen LogP contribution in [0.1, 0.15) is 99.8 Å². The molecule has 0 amide bonds. The maximum atomic E-state index is 14.3. The lowest BCUT2D eigenvalue weighted by molar-refractivity contribution is -0.288. The molecule has 0 aromatic rings. The van der Waals surface area contributed by atoms with E-state index in [9.17, 15) is 40.5 Å². The molecular weight excluding hydrogens is 592 g/mol. The van der Waals surface area contributed by atoms with Gasteiger partial charge in [0.25, 0.3) is 0 Å². The highest BCUT2D eigenvalue weighted by Crippen LogP contribution is 2.76. The monoisotopic (exact) mass is 650 g/mol. The van der Waals surface area contributed by atoms with Crippen molar-refractivity contribution in [1.82, 2.24) is 0 Å². The fraction of sp³-hybridized carbons (Fsp3) is 0.917. The summed E-state index contributed by atoms with van der Waals surface area (Å²) in [7, 11) is 0. The van der Waals surface area contributed by atoms with E-state index < -0.39 is 77.8 Å². The zero-order valence-corrected chi connectivity index (χ0v) is 28.6. The van der Waals surface area contributed by atoms with E-state index in [2.05, 4.69) is 40.7 Å². The maximum absolute atomic E-state index is 14.3. The fourth-order valence-corrected chi connectivity index (χ4v) is 12.3. The largest absolute Gasteiger partial charge is 0.462 e. The molecule has 10 nitrogen and oxygen atoms in total. The summed E-state index contributed by atoms with van der Waals surface area (Å²) >= 11 is 0. The van der Waals surface area contributed by atoms with Gasteiger partial charge >= 0.3 is 5.97 Å². The van der Waals surface area contributed by atoms with Gasteiger partial charge in [0.2, 0.25) is 0 Å². The first-order valence-electron chi connectivity index (χ1n) is 17.5. The van der Waals surface area contributed by atoms with Gasteiger partial charge in [-0.1, -0.05) is 53.2 Å². The van der Waals surface area contributed by atoms with Crippen LogP contribution in [0.5, 0.6) is 0 Å². The summed E-state index contributed by atoms with van der Waals surface area (Å²) in [4.78, 5) is 14.3. The van der Waals surface area contributed by atoms with Crippen LogP contribution in [0.25, 0.3) is 0 Å². The number of hydrogen-bond donors (Lipinski definition) is 7. The van der Waals surface area contributed by atoms with Crippen LogP contribution >= 0.6 is 0 Å². The molecule has 0 bridgehead atoms. The lowest BCUT2D eigenvalue weighted by atomic mass is 9.33. The number of esters is 1. The minimum atomic E-state index is -1.73. The normalized spacial score (nSPS) is 56.4. The van der Waals surface area contributed by atoms with Gasteiger partial charge in [-0.25, -0.2) is 0 Å². The van der Waals surface area contributed by atoms with Crippen LogP contribution in [-0.2, 0) is 14.3 Å². The minimum Gasteiger partial charge on any atom is -0.462 e. The number of carbonyl (C=O) groups is 1. The van der Waals surface area contributed by atoms with Crippen LogP contribution in [0.15, 0.2) is 11.6 Å². The van der Waals surface area contributed by atoms with Crippen LogP contribution in [0.2, 0.25) is 0 Å². The zero-order valence-electron chi connectivity index (χ0n) is 28.6. The Morgan fingerprint density at radius 1 is 0.891 bits per heavy atom. The van der Waals surface area contributed by atoms with Crippen molar-refractivity contribution in [3.8, 4) is 0 Å². The molecule has 6 aliphatic rings. The van der Waals surface area contributed by atoms with Crippen molar-refractivity contribution >= 4 is 5.97 Å². The molecule has 0 aromatic carbocycles. The number of allylic oxidation sites excluding steroid dienone is 1. The first-order valence-corrected chi connectivity index (χ1v) is 17.5. The summed E-state index contributed by atoms with van der Waals surface area (Å²) in [5.74, 6) is -0.540. The lowest BCUT2D eigenvalue weighted by Crippen LogP contribution is -2.69. The molecule has 262 valence electrons. The summed E-state index contributed by atoms with van der Waals surface area (Å²) in [6.07, 6.45) is -1.47. The second kappa shape index (κ2) is 10.9. The lowest BCUT2D eigenvalue weighted by Gasteiger charge is -2.72. The highest BCUT2D eigenvalue weighted by atomic mass is 16.6. The van der Waals surface area contributed by atoms with Crippen LogP contribution < -0.4 is 0 Å². The van der Waals surface area contributed by atoms with Crippen molar-refractivity contribution in [2.24, 2.45) is 50.7 Å². The van der Waals surface area contributed by atoms with Crippen LogP contribution in [0.4, 0.5) is 0 Å². The van der Waals surface area contributed by atoms with Gasteiger partial charge in [-0.2, -0.15) is 0 Å². The summed E-state index contributed by atoms with van der Waals surface area (Å²) in [6.45, 7) is 14.7. The number of aliphatic hydroxyl groups excluding tert-OH is 6. The molecule has 1 aliphatic heterocycles. The number of aliphatic hydroxyl groups is 7. The van der Waals surface area contributed by atoms with Crippen molar-refractivity contribution in [1.29, 1.82) is 0 Å². The van der Waals surface area contributed by atoms with Crippen molar-refractivity contribution in [3.63, 3.8) is 0 Å². The van der Waals surface area contributed by atoms with E-state index in [0.717, 1.165) is 31.3 Å². The molecule has 0 aromatic heterocycles. The Morgan fingerprint density at radius 2 is 1.57 bits per heavy atom. The third-order valence-corrected chi connectivity index (χ3v) is 15.5. The number of fused-ring (bicyclic) bond motifs is 7. The summed E-state index contributed by atoms with van der Waals surface area (Å²) in [6, 6.07) is 0. The maximum Gasteiger partial charge on any atom is 0.312 e. The molecule has 4 saturated carbocycles. The molecule has 1 saturated heterocycles. The van der Waals surface area contributed by atoms with Gasteiger partial charge in [0.1, 0.15) is 31.0 Å². The van der Waals surface area contributed by atoms with Crippen molar-refractivity contribution in [2.75, 3.05) is 6.61 Å². The molecular formula is C36H58O10. The summed E-state index contributed by atoms with van der Waals surface area (Å²) in [5.41, 5.74) is -2.19. The van der Waals surface area contributed by atoms with E-state index in [-0.39, 0.29) is 34.0 Å². The first kappa shape index (κ1) is 34.7. The van der Waals surface area contributed by atoms with Gasteiger partial charge in [0.15, 0.2) is 6.29 Å². The fourth-order valence-electron chi connectivity index (χ4n) is 12.3. The predicted octanol–water partition coefficient (Wildman–Crippen LogP) is 2.43. The number of ether oxygens (including phenoxy) is 2. The average Bonchev–Trinajstić information content (AvgIpc) is 2.98. The van der Waals surface area contributed by atoms with Gasteiger partial charge in [-0.05, 0) is 97.7 Å². The Labute approximate surface area is 273 Å². The molecule has 46 heavy (non-hydrogen) atoms. The standard InChI is InChI=1S/C36H58O10/c1-18-10-13-36(30(43)45-17-21-24(38)25(39)26(40)29(42)46-21)15-14-33(5)19(27(36)35(18,7)44)8-9-23-32(4)16-20(37)28(41)31(2,3)22(32)11-12-34(23,33)6/h8,18,20-29,37-42,44H,9-17H2,1-7H3. The molecule has 7 N–H and O–H groups in total. The van der Waals surface area contributed by atoms with Crippen molar-refractivity contribution in [3.05, 3.63) is 11.6 Å². The molecule has 0 radical (unpaired) electrons. The second-order valence-corrected chi connectivity index (χ2v) is 17.7. The summed E-state index contributed by atoms with van der Waals surface area (Å²) < 4.78 is 11.2.